The van der Waals surface area contributed by atoms with Gasteiger partial charge in [0.25, 0.3) is 0 Å². The summed E-state index contributed by atoms with van der Waals surface area (Å²) in [6, 6.07) is 16.3. The van der Waals surface area contributed by atoms with Crippen molar-refractivity contribution >= 4 is 44.6 Å². The van der Waals surface area contributed by atoms with Crippen molar-refractivity contribution in [2.24, 2.45) is 0 Å². The van der Waals surface area contributed by atoms with E-state index in [-0.39, 0.29) is 0 Å². The highest BCUT2D eigenvalue weighted by molar-refractivity contribution is 9.10. The third-order valence-corrected chi connectivity index (χ3v) is 5.06. The number of para-hydroxylation sites is 2. The number of nitrogens with zero attached hydrogens (tertiary/aromatic N) is 2. The zero-order valence-electron chi connectivity index (χ0n) is 14.2. The Hall–Kier alpha value is -1.79. The molecule has 6 heteroatoms. The molecule has 1 fully saturated rings. The van der Waals surface area contributed by atoms with Gasteiger partial charge in [0.15, 0.2) is 5.11 Å². The van der Waals surface area contributed by atoms with Crippen LogP contribution in [0.4, 0.5) is 11.4 Å². The molecule has 0 saturated carbocycles. The maximum atomic E-state index is 5.76. The number of benzene rings is 2. The number of piperazine rings is 1. The first-order valence-corrected chi connectivity index (χ1v) is 9.66. The van der Waals surface area contributed by atoms with Gasteiger partial charge in [-0.1, -0.05) is 28.1 Å². The van der Waals surface area contributed by atoms with E-state index in [1.807, 2.05) is 43.3 Å². The van der Waals surface area contributed by atoms with E-state index in [4.69, 9.17) is 17.0 Å². The topological polar surface area (TPSA) is 27.7 Å². The Morgan fingerprint density at radius 1 is 1.08 bits per heavy atom. The Morgan fingerprint density at radius 2 is 1.76 bits per heavy atom. The monoisotopic (exact) mass is 419 g/mol. The van der Waals surface area contributed by atoms with Gasteiger partial charge < -0.3 is 19.9 Å². The Balaban J connectivity index is 1.58. The third kappa shape index (κ3) is 4.64. The van der Waals surface area contributed by atoms with E-state index in [2.05, 4.69) is 43.2 Å². The number of anilines is 2. The van der Waals surface area contributed by atoms with E-state index >= 15 is 0 Å². The summed E-state index contributed by atoms with van der Waals surface area (Å²) in [5.41, 5.74) is 2.17. The molecule has 25 heavy (non-hydrogen) atoms. The SMILES string of the molecule is CCOc1ccccc1N1CCN(C(=S)Nc2ccc(Br)cc2)CC1. The fourth-order valence-corrected chi connectivity index (χ4v) is 3.45. The van der Waals surface area contributed by atoms with Gasteiger partial charge in [-0.25, -0.2) is 0 Å². The van der Waals surface area contributed by atoms with Crippen LogP contribution in [0.2, 0.25) is 0 Å². The minimum Gasteiger partial charge on any atom is -0.492 e. The number of hydrogen-bond donors (Lipinski definition) is 1. The molecule has 0 bridgehead atoms. The van der Waals surface area contributed by atoms with Crippen LogP contribution in [0.1, 0.15) is 6.92 Å². The van der Waals surface area contributed by atoms with Crippen molar-refractivity contribution in [3.05, 3.63) is 53.0 Å². The first-order valence-electron chi connectivity index (χ1n) is 8.45. The molecule has 0 aromatic heterocycles. The number of rotatable bonds is 4. The number of ether oxygens (including phenoxy) is 1. The van der Waals surface area contributed by atoms with Crippen molar-refractivity contribution in [1.82, 2.24) is 4.90 Å². The van der Waals surface area contributed by atoms with Crippen LogP contribution >= 0.6 is 28.1 Å². The van der Waals surface area contributed by atoms with Crippen LogP contribution in [-0.4, -0.2) is 42.8 Å². The fourth-order valence-electron chi connectivity index (χ4n) is 2.88. The highest BCUT2D eigenvalue weighted by atomic mass is 79.9. The van der Waals surface area contributed by atoms with E-state index in [0.29, 0.717) is 6.61 Å². The quantitative estimate of drug-likeness (QED) is 0.742. The molecule has 1 aliphatic rings. The van der Waals surface area contributed by atoms with Gasteiger partial charge in [-0.15, -0.1) is 0 Å². The second kappa shape index (κ2) is 8.54. The minimum absolute atomic E-state index is 0.679. The van der Waals surface area contributed by atoms with Crippen molar-refractivity contribution < 1.29 is 4.74 Å². The molecule has 1 N–H and O–H groups in total. The Bertz CT molecular complexity index is 715. The third-order valence-electron chi connectivity index (χ3n) is 4.17. The van der Waals surface area contributed by atoms with Crippen LogP contribution < -0.4 is 15.0 Å². The van der Waals surface area contributed by atoms with Gasteiger partial charge in [-0.05, 0) is 55.5 Å². The summed E-state index contributed by atoms with van der Waals surface area (Å²) in [5, 5.41) is 4.10. The van der Waals surface area contributed by atoms with Gasteiger partial charge in [-0.2, -0.15) is 0 Å². The van der Waals surface area contributed by atoms with E-state index in [1.54, 1.807) is 0 Å². The van der Waals surface area contributed by atoms with E-state index in [9.17, 15) is 0 Å². The molecular weight excluding hydrogens is 398 g/mol. The maximum Gasteiger partial charge on any atom is 0.173 e. The molecule has 4 nitrogen and oxygen atoms in total. The lowest BCUT2D eigenvalue weighted by Crippen LogP contribution is -2.50. The lowest BCUT2D eigenvalue weighted by molar-refractivity contribution is 0.336. The van der Waals surface area contributed by atoms with Crippen molar-refractivity contribution in [3.8, 4) is 5.75 Å². The van der Waals surface area contributed by atoms with Crippen LogP contribution in [0, 0.1) is 0 Å². The molecule has 1 saturated heterocycles. The average molecular weight is 420 g/mol. The van der Waals surface area contributed by atoms with Crippen LogP contribution in [0.15, 0.2) is 53.0 Å². The number of halogens is 1. The van der Waals surface area contributed by atoms with Gasteiger partial charge >= 0.3 is 0 Å². The zero-order chi connectivity index (χ0) is 17.6. The van der Waals surface area contributed by atoms with Gasteiger partial charge in [-0.3, -0.25) is 0 Å². The molecule has 0 unspecified atom stereocenters. The first kappa shape index (κ1) is 18.0. The Morgan fingerprint density at radius 3 is 2.44 bits per heavy atom. The lowest BCUT2D eigenvalue weighted by atomic mass is 10.2. The van der Waals surface area contributed by atoms with Crippen LogP contribution in [-0.2, 0) is 0 Å². The molecule has 0 amide bonds. The maximum absolute atomic E-state index is 5.76. The number of thiocarbonyl (C=S) groups is 1. The van der Waals surface area contributed by atoms with Crippen LogP contribution in [0.5, 0.6) is 5.75 Å². The van der Waals surface area contributed by atoms with Gasteiger partial charge in [0, 0.05) is 36.3 Å². The molecule has 2 aromatic rings. The molecule has 0 aliphatic carbocycles. The normalized spacial score (nSPS) is 14.3. The Kier molecular flexibility index (Phi) is 6.15. The first-order chi connectivity index (χ1) is 12.2. The predicted octanol–water partition coefficient (Wildman–Crippen LogP) is 4.37. The van der Waals surface area contributed by atoms with E-state index in [1.165, 1.54) is 0 Å². The summed E-state index contributed by atoms with van der Waals surface area (Å²) in [6.45, 7) is 6.32. The van der Waals surface area contributed by atoms with Crippen molar-refractivity contribution in [1.29, 1.82) is 0 Å². The highest BCUT2D eigenvalue weighted by Gasteiger charge is 2.21. The van der Waals surface area contributed by atoms with E-state index < -0.39 is 0 Å². The zero-order valence-corrected chi connectivity index (χ0v) is 16.6. The number of hydrogen-bond acceptors (Lipinski definition) is 3. The Labute approximate surface area is 162 Å². The molecule has 0 spiro atoms. The second-order valence-corrected chi connectivity index (χ2v) is 7.11. The van der Waals surface area contributed by atoms with Crippen molar-refractivity contribution in [2.75, 3.05) is 43.0 Å². The summed E-state index contributed by atoms with van der Waals surface area (Å²) in [4.78, 5) is 4.58. The van der Waals surface area contributed by atoms with Crippen molar-refractivity contribution in [2.45, 2.75) is 6.92 Å². The molecule has 132 valence electrons. The van der Waals surface area contributed by atoms with E-state index in [0.717, 1.165) is 52.9 Å². The largest absolute Gasteiger partial charge is 0.492 e. The summed E-state index contributed by atoms with van der Waals surface area (Å²) < 4.78 is 6.82. The highest BCUT2D eigenvalue weighted by Crippen LogP contribution is 2.28. The fraction of sp³-hybridized carbons (Fsp3) is 0.316. The summed E-state index contributed by atoms with van der Waals surface area (Å²) in [7, 11) is 0. The number of nitrogens with one attached hydrogen (secondary N) is 1. The molecule has 3 rings (SSSR count). The van der Waals surface area contributed by atoms with Gasteiger partial charge in [0.1, 0.15) is 5.75 Å². The summed E-state index contributed by atoms with van der Waals surface area (Å²) in [5.74, 6) is 0.953. The molecule has 2 aromatic carbocycles. The van der Waals surface area contributed by atoms with Crippen LogP contribution in [0.3, 0.4) is 0 Å². The van der Waals surface area contributed by atoms with Gasteiger partial charge in [0.05, 0.1) is 12.3 Å². The molecule has 0 atom stereocenters. The summed E-state index contributed by atoms with van der Waals surface area (Å²) in [6.07, 6.45) is 0. The van der Waals surface area contributed by atoms with Gasteiger partial charge in [0.2, 0.25) is 0 Å². The molecule has 0 radical (unpaired) electrons. The average Bonchev–Trinajstić information content (AvgIpc) is 2.64. The summed E-state index contributed by atoms with van der Waals surface area (Å²) >= 11 is 9.02. The standard InChI is InChI=1S/C19H22BrN3OS/c1-2-24-18-6-4-3-5-17(18)22-11-13-23(14-12-22)19(25)21-16-9-7-15(20)8-10-16/h3-10H,2,11-14H2,1H3,(H,21,25). The molecule has 1 aliphatic heterocycles. The molecular formula is C19H22BrN3OS. The van der Waals surface area contributed by atoms with Crippen LogP contribution in [0.25, 0.3) is 0 Å². The smallest absolute Gasteiger partial charge is 0.173 e. The lowest BCUT2D eigenvalue weighted by Gasteiger charge is -2.38. The molecule has 1 heterocycles. The second-order valence-electron chi connectivity index (χ2n) is 5.81. The minimum atomic E-state index is 0.679. The van der Waals surface area contributed by atoms with Crippen molar-refractivity contribution in [3.63, 3.8) is 0 Å². The predicted molar refractivity (Wildman–Crippen MR) is 112 cm³/mol.